The molecule has 3 heteroatoms. The minimum atomic E-state index is -2.35. The maximum absolute atomic E-state index is 6.83. The average Bonchev–Trinajstić information content (AvgIpc) is 2.56. The summed E-state index contributed by atoms with van der Waals surface area (Å²) in [5.74, 6) is 0.497. The summed E-state index contributed by atoms with van der Waals surface area (Å²) in [4.78, 5) is 0. The zero-order valence-electron chi connectivity index (χ0n) is 14.6. The van der Waals surface area contributed by atoms with Crippen LogP contribution in [0.2, 0.25) is 5.04 Å². The number of halogens is 1. The van der Waals surface area contributed by atoms with E-state index in [0.717, 1.165) is 11.9 Å². The van der Waals surface area contributed by atoms with E-state index in [1.807, 2.05) is 0 Å². The molecule has 1 nitrogen and oxygen atoms in total. The van der Waals surface area contributed by atoms with Gasteiger partial charge in [-0.3, -0.25) is 0 Å². The van der Waals surface area contributed by atoms with E-state index >= 15 is 0 Å². The van der Waals surface area contributed by atoms with Crippen LogP contribution in [0.3, 0.4) is 0 Å². The predicted molar refractivity (Wildman–Crippen MR) is 107 cm³/mol. The Bertz CT molecular complexity index is 553. The van der Waals surface area contributed by atoms with Gasteiger partial charge in [-0.1, -0.05) is 104 Å². The third-order valence-electron chi connectivity index (χ3n) is 4.26. The van der Waals surface area contributed by atoms with Crippen LogP contribution in [0.5, 0.6) is 0 Å². The second-order valence-electron chi connectivity index (χ2n) is 7.23. The highest BCUT2D eigenvalue weighted by Gasteiger charge is 2.50. The van der Waals surface area contributed by atoms with Crippen LogP contribution < -0.4 is 10.4 Å². The molecule has 0 radical (unpaired) electrons. The summed E-state index contributed by atoms with van der Waals surface area (Å²) in [6.45, 7) is 9.96. The highest BCUT2D eigenvalue weighted by Crippen LogP contribution is 2.37. The third-order valence-corrected chi connectivity index (χ3v) is 10.4. The maximum Gasteiger partial charge on any atom is 0.261 e. The van der Waals surface area contributed by atoms with Crippen molar-refractivity contribution in [2.75, 3.05) is 11.9 Å². The van der Waals surface area contributed by atoms with Crippen molar-refractivity contribution in [2.24, 2.45) is 5.92 Å². The fourth-order valence-corrected chi connectivity index (χ4v) is 7.95. The lowest BCUT2D eigenvalue weighted by molar-refractivity contribution is 0.258. The van der Waals surface area contributed by atoms with Crippen molar-refractivity contribution in [3.63, 3.8) is 0 Å². The molecule has 0 N–H and O–H groups in total. The molecule has 23 heavy (non-hydrogen) atoms. The van der Waals surface area contributed by atoms with E-state index < -0.39 is 8.32 Å². The van der Waals surface area contributed by atoms with E-state index in [4.69, 9.17) is 4.43 Å². The Morgan fingerprint density at radius 3 is 1.70 bits per heavy atom. The van der Waals surface area contributed by atoms with Crippen molar-refractivity contribution in [1.29, 1.82) is 0 Å². The second-order valence-corrected chi connectivity index (χ2v) is 12.2. The monoisotopic (exact) mass is 390 g/mol. The predicted octanol–water partition coefficient (Wildman–Crippen LogP) is 4.59. The van der Waals surface area contributed by atoms with Gasteiger partial charge in [-0.2, -0.15) is 0 Å². The Morgan fingerprint density at radius 2 is 1.35 bits per heavy atom. The van der Waals surface area contributed by atoms with E-state index in [9.17, 15) is 0 Å². The van der Waals surface area contributed by atoms with Crippen LogP contribution in [0, 0.1) is 5.92 Å². The summed E-state index contributed by atoms with van der Waals surface area (Å²) in [5.41, 5.74) is 0. The molecule has 0 aliphatic rings. The van der Waals surface area contributed by atoms with Crippen LogP contribution in [-0.2, 0) is 4.43 Å². The van der Waals surface area contributed by atoms with Gasteiger partial charge in [0.05, 0.1) is 0 Å². The number of benzene rings is 2. The molecule has 0 amide bonds. The van der Waals surface area contributed by atoms with Gasteiger partial charge in [0.2, 0.25) is 0 Å². The molecule has 0 saturated carbocycles. The number of hydrogen-bond acceptors (Lipinski definition) is 1. The molecule has 0 spiro atoms. The molecule has 0 fully saturated rings. The van der Waals surface area contributed by atoms with Crippen molar-refractivity contribution >= 4 is 34.6 Å². The summed E-state index contributed by atoms with van der Waals surface area (Å²) < 4.78 is 6.83. The first kappa shape index (κ1) is 18.4. The van der Waals surface area contributed by atoms with Crippen molar-refractivity contribution in [2.45, 2.75) is 32.7 Å². The zero-order chi connectivity index (χ0) is 16.9. The molecule has 0 aliphatic heterocycles. The molecule has 2 aromatic rings. The topological polar surface area (TPSA) is 9.23 Å². The maximum atomic E-state index is 6.83. The van der Waals surface area contributed by atoms with Gasteiger partial charge in [0.1, 0.15) is 0 Å². The molecule has 0 aliphatic carbocycles. The van der Waals surface area contributed by atoms with E-state index in [2.05, 4.69) is 104 Å². The van der Waals surface area contributed by atoms with Crippen LogP contribution in [-0.4, -0.2) is 20.3 Å². The fourth-order valence-electron chi connectivity index (χ4n) is 3.07. The lowest BCUT2D eigenvalue weighted by atomic mass is 10.2. The third kappa shape index (κ3) is 3.96. The Morgan fingerprint density at radius 1 is 0.913 bits per heavy atom. The largest absolute Gasteiger partial charge is 0.407 e. The summed E-state index contributed by atoms with van der Waals surface area (Å²) in [5, 5.41) is 3.72. The highest BCUT2D eigenvalue weighted by molar-refractivity contribution is 9.09. The van der Waals surface area contributed by atoms with E-state index in [-0.39, 0.29) is 5.04 Å². The van der Waals surface area contributed by atoms with E-state index in [1.165, 1.54) is 10.4 Å². The minimum absolute atomic E-state index is 0.0573. The van der Waals surface area contributed by atoms with Crippen LogP contribution in [0.4, 0.5) is 0 Å². The molecule has 0 heterocycles. The first-order valence-corrected chi connectivity index (χ1v) is 11.3. The van der Waals surface area contributed by atoms with Crippen molar-refractivity contribution in [3.8, 4) is 0 Å². The van der Waals surface area contributed by atoms with Gasteiger partial charge in [-0.25, -0.2) is 0 Å². The quantitative estimate of drug-likeness (QED) is 0.517. The number of hydrogen-bond donors (Lipinski definition) is 0. The molecule has 0 saturated heterocycles. The lowest BCUT2D eigenvalue weighted by Gasteiger charge is -2.43. The normalized spacial score (nSPS) is 13.8. The number of rotatable bonds is 6. The lowest BCUT2D eigenvalue weighted by Crippen LogP contribution is -2.66. The molecule has 0 unspecified atom stereocenters. The van der Waals surface area contributed by atoms with Crippen molar-refractivity contribution in [3.05, 3.63) is 60.7 Å². The Labute approximate surface area is 150 Å². The first-order valence-electron chi connectivity index (χ1n) is 8.23. The average molecular weight is 391 g/mol. The fraction of sp³-hybridized carbons (Fsp3) is 0.400. The summed E-state index contributed by atoms with van der Waals surface area (Å²) >= 11 is 3.58. The van der Waals surface area contributed by atoms with Crippen LogP contribution in [0.15, 0.2) is 60.7 Å². The molecule has 2 rings (SSSR count). The van der Waals surface area contributed by atoms with Gasteiger partial charge in [-0.05, 0) is 21.3 Å². The SMILES string of the molecule is C[C@H](CBr)CO[Si](c1ccccc1)(c1ccccc1)C(C)(C)C. The Hall–Kier alpha value is -0.903. The molecule has 1 atom stereocenters. The summed E-state index contributed by atoms with van der Waals surface area (Å²) in [7, 11) is -2.35. The zero-order valence-corrected chi connectivity index (χ0v) is 17.1. The van der Waals surface area contributed by atoms with Crippen LogP contribution in [0.25, 0.3) is 0 Å². The molecule has 0 bridgehead atoms. The first-order chi connectivity index (χ1) is 10.9. The van der Waals surface area contributed by atoms with E-state index in [0.29, 0.717) is 5.92 Å². The Balaban J connectivity index is 2.60. The summed E-state index contributed by atoms with van der Waals surface area (Å²) in [6.07, 6.45) is 0. The second kappa shape index (κ2) is 7.78. The standard InChI is InChI=1S/C20H27BrOSi/c1-17(15-21)16-22-23(20(2,3)4,18-11-7-5-8-12-18)19-13-9-6-10-14-19/h5-14,17H,15-16H2,1-4H3/t17-/m1/s1. The molecule has 124 valence electrons. The van der Waals surface area contributed by atoms with Gasteiger partial charge >= 0.3 is 0 Å². The molecule has 2 aromatic carbocycles. The van der Waals surface area contributed by atoms with Crippen LogP contribution in [0.1, 0.15) is 27.7 Å². The van der Waals surface area contributed by atoms with Gasteiger partial charge in [0, 0.05) is 11.9 Å². The smallest absolute Gasteiger partial charge is 0.261 e. The van der Waals surface area contributed by atoms with Gasteiger partial charge < -0.3 is 4.43 Å². The van der Waals surface area contributed by atoms with Gasteiger partial charge in [0.15, 0.2) is 0 Å². The number of alkyl halides is 1. The van der Waals surface area contributed by atoms with Crippen molar-refractivity contribution in [1.82, 2.24) is 0 Å². The van der Waals surface area contributed by atoms with E-state index in [1.54, 1.807) is 0 Å². The molecule has 0 aromatic heterocycles. The molecular weight excluding hydrogens is 364 g/mol. The van der Waals surface area contributed by atoms with Crippen LogP contribution >= 0.6 is 15.9 Å². The molecular formula is C20H27BrOSi. The highest BCUT2D eigenvalue weighted by atomic mass is 79.9. The van der Waals surface area contributed by atoms with Gasteiger partial charge in [-0.15, -0.1) is 0 Å². The van der Waals surface area contributed by atoms with Gasteiger partial charge in [0.25, 0.3) is 8.32 Å². The minimum Gasteiger partial charge on any atom is -0.407 e. The van der Waals surface area contributed by atoms with Crippen molar-refractivity contribution < 1.29 is 4.43 Å². The Kier molecular flexibility index (Phi) is 6.23. The summed E-state index contributed by atoms with van der Waals surface area (Å²) in [6, 6.07) is 21.6.